The Labute approximate surface area is 98.3 Å². The number of hydrogen-bond donors (Lipinski definition) is 1. The van der Waals surface area contributed by atoms with Gasteiger partial charge < -0.3 is 9.88 Å². The zero-order chi connectivity index (χ0) is 11.5. The van der Waals surface area contributed by atoms with Crippen LogP contribution in [0.5, 0.6) is 0 Å². The molecule has 3 unspecified atom stereocenters. The highest BCUT2D eigenvalue weighted by molar-refractivity contribution is 4.98. The lowest BCUT2D eigenvalue weighted by molar-refractivity contribution is 0.343. The van der Waals surface area contributed by atoms with Crippen molar-refractivity contribution >= 4 is 0 Å². The van der Waals surface area contributed by atoms with E-state index in [9.17, 15) is 0 Å². The number of nitrogens with zero attached hydrogens (tertiary/aromatic N) is 2. The van der Waals surface area contributed by atoms with E-state index in [-0.39, 0.29) is 0 Å². The van der Waals surface area contributed by atoms with E-state index in [1.807, 2.05) is 12.5 Å². The number of aromatic nitrogens is 2. The first-order chi connectivity index (χ1) is 7.72. The summed E-state index contributed by atoms with van der Waals surface area (Å²) in [5.41, 5.74) is 1.27. The van der Waals surface area contributed by atoms with Crippen molar-refractivity contribution in [3.8, 4) is 0 Å². The molecule has 1 fully saturated rings. The minimum absolute atomic E-state index is 0.694. The molecule has 1 heterocycles. The van der Waals surface area contributed by atoms with Crippen LogP contribution in [-0.2, 0) is 13.6 Å². The lowest BCUT2D eigenvalue weighted by Crippen LogP contribution is -2.32. The molecule has 3 atom stereocenters. The van der Waals surface area contributed by atoms with E-state index in [2.05, 4.69) is 35.8 Å². The summed E-state index contributed by atoms with van der Waals surface area (Å²) in [5.74, 6) is 1.74. The normalized spacial score (nSPS) is 29.8. The Morgan fingerprint density at radius 3 is 2.88 bits per heavy atom. The molecule has 0 radical (unpaired) electrons. The van der Waals surface area contributed by atoms with Gasteiger partial charge in [0.05, 0.1) is 12.0 Å². The molecule has 2 rings (SSSR count). The topological polar surface area (TPSA) is 29.9 Å². The highest BCUT2D eigenvalue weighted by atomic mass is 15.1. The molecule has 1 saturated carbocycles. The highest BCUT2D eigenvalue weighted by Gasteiger charge is 2.30. The molecule has 0 aliphatic heterocycles. The van der Waals surface area contributed by atoms with Gasteiger partial charge in [-0.3, -0.25) is 0 Å². The SMILES string of the molecule is CCC1CCC(NCc2cncn2C)C1C. The molecule has 1 N–H and O–H groups in total. The van der Waals surface area contributed by atoms with E-state index in [4.69, 9.17) is 0 Å². The maximum atomic E-state index is 4.14. The molecule has 0 amide bonds. The van der Waals surface area contributed by atoms with Gasteiger partial charge in [-0.15, -0.1) is 0 Å². The fourth-order valence-electron chi connectivity index (χ4n) is 2.90. The standard InChI is InChI=1S/C13H23N3/c1-4-11-5-6-13(10(11)2)15-8-12-7-14-9-16(12)3/h7,9-11,13,15H,4-6,8H2,1-3H3. The highest BCUT2D eigenvalue weighted by Crippen LogP contribution is 2.33. The van der Waals surface area contributed by atoms with E-state index in [0.29, 0.717) is 6.04 Å². The van der Waals surface area contributed by atoms with Gasteiger partial charge in [0.25, 0.3) is 0 Å². The lowest BCUT2D eigenvalue weighted by Gasteiger charge is -2.21. The van der Waals surface area contributed by atoms with Crippen molar-refractivity contribution < 1.29 is 0 Å². The molecule has 16 heavy (non-hydrogen) atoms. The van der Waals surface area contributed by atoms with Gasteiger partial charge >= 0.3 is 0 Å². The van der Waals surface area contributed by atoms with Crippen molar-refractivity contribution in [3.63, 3.8) is 0 Å². The molecule has 3 heteroatoms. The van der Waals surface area contributed by atoms with E-state index < -0.39 is 0 Å². The van der Waals surface area contributed by atoms with Crippen molar-refractivity contribution in [2.75, 3.05) is 0 Å². The summed E-state index contributed by atoms with van der Waals surface area (Å²) in [7, 11) is 2.05. The molecule has 3 nitrogen and oxygen atoms in total. The van der Waals surface area contributed by atoms with Gasteiger partial charge in [0.15, 0.2) is 0 Å². The van der Waals surface area contributed by atoms with Crippen molar-refractivity contribution in [1.29, 1.82) is 0 Å². The monoisotopic (exact) mass is 221 g/mol. The first-order valence-corrected chi connectivity index (χ1v) is 6.41. The summed E-state index contributed by atoms with van der Waals surface area (Å²) in [6.45, 7) is 5.65. The molecule has 0 aromatic carbocycles. The third-order valence-corrected chi connectivity index (χ3v) is 4.21. The molecular weight excluding hydrogens is 198 g/mol. The summed E-state index contributed by atoms with van der Waals surface area (Å²) in [6, 6.07) is 0.694. The minimum Gasteiger partial charge on any atom is -0.337 e. The first kappa shape index (κ1) is 11.6. The molecule has 0 saturated heterocycles. The molecule has 90 valence electrons. The second kappa shape index (κ2) is 5.00. The summed E-state index contributed by atoms with van der Waals surface area (Å²) >= 11 is 0. The first-order valence-electron chi connectivity index (χ1n) is 6.41. The number of hydrogen-bond acceptors (Lipinski definition) is 2. The van der Waals surface area contributed by atoms with Crippen LogP contribution >= 0.6 is 0 Å². The van der Waals surface area contributed by atoms with Gasteiger partial charge in [-0.25, -0.2) is 4.98 Å². The number of aryl methyl sites for hydroxylation is 1. The summed E-state index contributed by atoms with van der Waals surface area (Å²) in [5, 5.41) is 3.68. The number of nitrogens with one attached hydrogen (secondary N) is 1. The summed E-state index contributed by atoms with van der Waals surface area (Å²) < 4.78 is 2.09. The third-order valence-electron chi connectivity index (χ3n) is 4.21. The van der Waals surface area contributed by atoms with Gasteiger partial charge in [-0.2, -0.15) is 0 Å². The Morgan fingerprint density at radius 2 is 2.31 bits per heavy atom. The summed E-state index contributed by atoms with van der Waals surface area (Å²) in [4.78, 5) is 4.14. The lowest BCUT2D eigenvalue weighted by atomic mass is 9.93. The van der Waals surface area contributed by atoms with Crippen LogP contribution in [0.2, 0.25) is 0 Å². The van der Waals surface area contributed by atoms with Gasteiger partial charge in [0.1, 0.15) is 0 Å². The van der Waals surface area contributed by atoms with E-state index in [1.165, 1.54) is 25.0 Å². The van der Waals surface area contributed by atoms with Gasteiger partial charge in [-0.1, -0.05) is 20.3 Å². The smallest absolute Gasteiger partial charge is 0.0945 e. The fourth-order valence-corrected chi connectivity index (χ4v) is 2.90. The van der Waals surface area contributed by atoms with E-state index in [1.54, 1.807) is 0 Å². The molecule has 1 aliphatic rings. The number of rotatable bonds is 4. The van der Waals surface area contributed by atoms with Crippen molar-refractivity contribution in [3.05, 3.63) is 18.2 Å². The Bertz CT molecular complexity index is 332. The predicted octanol–water partition coefficient (Wildman–Crippen LogP) is 2.33. The Morgan fingerprint density at radius 1 is 1.50 bits per heavy atom. The number of imidazole rings is 1. The second-order valence-electron chi connectivity index (χ2n) is 5.09. The molecule has 0 bridgehead atoms. The Kier molecular flexibility index (Phi) is 3.64. The molecule has 0 spiro atoms. The maximum absolute atomic E-state index is 4.14. The molecule has 1 aromatic heterocycles. The average molecular weight is 221 g/mol. The maximum Gasteiger partial charge on any atom is 0.0945 e. The van der Waals surface area contributed by atoms with E-state index in [0.717, 1.165) is 18.4 Å². The van der Waals surface area contributed by atoms with Gasteiger partial charge in [0, 0.05) is 25.8 Å². The molecule has 1 aliphatic carbocycles. The average Bonchev–Trinajstić information content (AvgIpc) is 2.83. The van der Waals surface area contributed by atoms with Crippen LogP contribution in [0.15, 0.2) is 12.5 Å². The van der Waals surface area contributed by atoms with Crippen molar-refractivity contribution in [2.24, 2.45) is 18.9 Å². The zero-order valence-electron chi connectivity index (χ0n) is 10.6. The van der Waals surface area contributed by atoms with Crippen LogP contribution in [-0.4, -0.2) is 15.6 Å². The van der Waals surface area contributed by atoms with Crippen LogP contribution < -0.4 is 5.32 Å². The van der Waals surface area contributed by atoms with E-state index >= 15 is 0 Å². The van der Waals surface area contributed by atoms with Crippen LogP contribution in [0.3, 0.4) is 0 Å². The predicted molar refractivity (Wildman–Crippen MR) is 66.0 cm³/mol. The fraction of sp³-hybridized carbons (Fsp3) is 0.769. The van der Waals surface area contributed by atoms with Crippen LogP contribution in [0.4, 0.5) is 0 Å². The molecular formula is C13H23N3. The third kappa shape index (κ3) is 2.29. The van der Waals surface area contributed by atoms with Gasteiger partial charge in [-0.05, 0) is 24.7 Å². The van der Waals surface area contributed by atoms with Gasteiger partial charge in [0.2, 0.25) is 0 Å². The summed E-state index contributed by atoms with van der Waals surface area (Å²) in [6.07, 6.45) is 7.86. The van der Waals surface area contributed by atoms with Crippen LogP contribution in [0.25, 0.3) is 0 Å². The van der Waals surface area contributed by atoms with Crippen LogP contribution in [0.1, 0.15) is 38.8 Å². The van der Waals surface area contributed by atoms with Crippen LogP contribution in [0, 0.1) is 11.8 Å². The largest absolute Gasteiger partial charge is 0.337 e. The van der Waals surface area contributed by atoms with Crippen molar-refractivity contribution in [2.45, 2.75) is 45.7 Å². The Hall–Kier alpha value is -0.830. The molecule has 1 aromatic rings. The zero-order valence-corrected chi connectivity index (χ0v) is 10.6. The quantitative estimate of drug-likeness (QED) is 0.845. The minimum atomic E-state index is 0.694. The van der Waals surface area contributed by atoms with Crippen molar-refractivity contribution in [1.82, 2.24) is 14.9 Å². The second-order valence-corrected chi connectivity index (χ2v) is 5.09. The Balaban J connectivity index is 1.85.